The average molecular weight is 332 g/mol. The predicted molar refractivity (Wildman–Crippen MR) is 94.0 cm³/mol. The molecule has 0 radical (unpaired) electrons. The van der Waals surface area contributed by atoms with Gasteiger partial charge in [-0.25, -0.2) is 0 Å². The molecule has 1 fully saturated rings. The number of allylic oxidation sites excluding steroid dienone is 2. The van der Waals surface area contributed by atoms with Gasteiger partial charge in [-0.1, -0.05) is 12.2 Å². The van der Waals surface area contributed by atoms with Crippen molar-refractivity contribution in [3.63, 3.8) is 0 Å². The fourth-order valence-corrected chi connectivity index (χ4v) is 3.11. The molecule has 2 rings (SSSR count). The summed E-state index contributed by atoms with van der Waals surface area (Å²) < 4.78 is 17.5. The normalized spacial score (nSPS) is 17.8. The third kappa shape index (κ3) is 3.55. The van der Waals surface area contributed by atoms with Gasteiger partial charge in [0, 0.05) is 12.0 Å². The fraction of sp³-hybridized carbons (Fsp3) is 0.550. The second kappa shape index (κ2) is 7.95. The molecule has 1 aromatic carbocycles. The molecule has 0 atom stereocenters. The van der Waals surface area contributed by atoms with Crippen molar-refractivity contribution in [2.24, 2.45) is 5.41 Å². The predicted octanol–water partition coefficient (Wildman–Crippen LogP) is 4.24. The van der Waals surface area contributed by atoms with Crippen LogP contribution in [0.1, 0.15) is 45.6 Å². The number of carbonyl (C=O) groups is 1. The molecule has 4 nitrogen and oxygen atoms in total. The first-order valence-electron chi connectivity index (χ1n) is 8.55. The van der Waals surface area contributed by atoms with Gasteiger partial charge in [0.2, 0.25) is 5.79 Å². The number of rotatable bonds is 7. The molecular formula is C20H28O4. The standard InChI is InChI=1S/C20H28O4/c1-5-6-7-9-18(21)19(2,3)20(23-14-8-15-24-20)16-10-12-17(22-4)13-11-16/h5-6,10-13H,7-9,14-15H2,1-4H3/b6-5+. The van der Waals surface area contributed by atoms with E-state index in [1.54, 1.807) is 7.11 Å². The van der Waals surface area contributed by atoms with Crippen molar-refractivity contribution in [3.05, 3.63) is 42.0 Å². The number of ketones is 1. The molecule has 0 N–H and O–H groups in total. The van der Waals surface area contributed by atoms with E-state index in [9.17, 15) is 4.79 Å². The molecule has 4 heteroatoms. The second-order valence-electron chi connectivity index (χ2n) is 6.55. The maximum absolute atomic E-state index is 12.9. The van der Waals surface area contributed by atoms with Gasteiger partial charge in [0.15, 0.2) is 0 Å². The number of hydrogen-bond donors (Lipinski definition) is 0. The van der Waals surface area contributed by atoms with Crippen LogP contribution in [-0.4, -0.2) is 26.1 Å². The second-order valence-corrected chi connectivity index (χ2v) is 6.55. The van der Waals surface area contributed by atoms with Crippen molar-refractivity contribution in [1.82, 2.24) is 0 Å². The largest absolute Gasteiger partial charge is 0.497 e. The molecule has 0 bridgehead atoms. The number of ether oxygens (including phenoxy) is 3. The zero-order valence-corrected chi connectivity index (χ0v) is 15.1. The van der Waals surface area contributed by atoms with Crippen molar-refractivity contribution in [1.29, 1.82) is 0 Å². The third-order valence-corrected chi connectivity index (χ3v) is 4.66. The lowest BCUT2D eigenvalue weighted by molar-refractivity contribution is -0.319. The highest BCUT2D eigenvalue weighted by atomic mass is 16.7. The molecule has 0 aromatic heterocycles. The number of carbonyl (C=O) groups excluding carboxylic acids is 1. The minimum atomic E-state index is -1.05. The van der Waals surface area contributed by atoms with E-state index in [1.165, 1.54) is 0 Å². The van der Waals surface area contributed by atoms with E-state index in [2.05, 4.69) is 0 Å². The summed E-state index contributed by atoms with van der Waals surface area (Å²) in [6.45, 7) is 6.96. The Morgan fingerprint density at radius 3 is 2.42 bits per heavy atom. The van der Waals surface area contributed by atoms with Crippen molar-refractivity contribution >= 4 is 5.78 Å². The van der Waals surface area contributed by atoms with Crippen molar-refractivity contribution in [3.8, 4) is 5.75 Å². The smallest absolute Gasteiger partial charge is 0.207 e. The summed E-state index contributed by atoms with van der Waals surface area (Å²) in [4.78, 5) is 12.9. The molecule has 1 aromatic rings. The van der Waals surface area contributed by atoms with Crippen LogP contribution in [0.4, 0.5) is 0 Å². The van der Waals surface area contributed by atoms with Gasteiger partial charge in [-0.3, -0.25) is 4.79 Å². The van der Waals surface area contributed by atoms with E-state index in [1.807, 2.05) is 57.2 Å². The molecule has 1 heterocycles. The average Bonchev–Trinajstić information content (AvgIpc) is 2.62. The summed E-state index contributed by atoms with van der Waals surface area (Å²) in [6.07, 6.45) is 6.02. The van der Waals surface area contributed by atoms with Crippen LogP contribution in [0.2, 0.25) is 0 Å². The lowest BCUT2D eigenvalue weighted by Crippen LogP contribution is -2.53. The summed E-state index contributed by atoms with van der Waals surface area (Å²) >= 11 is 0. The summed E-state index contributed by atoms with van der Waals surface area (Å²) in [5.74, 6) is -0.148. The first kappa shape index (κ1) is 18.7. The highest BCUT2D eigenvalue weighted by Crippen LogP contribution is 2.47. The monoisotopic (exact) mass is 332 g/mol. The van der Waals surface area contributed by atoms with Crippen LogP contribution in [-0.2, 0) is 20.1 Å². The molecule has 1 saturated heterocycles. The molecule has 0 unspecified atom stereocenters. The zero-order valence-electron chi connectivity index (χ0n) is 15.1. The van der Waals surface area contributed by atoms with Gasteiger partial charge in [-0.15, -0.1) is 0 Å². The molecule has 24 heavy (non-hydrogen) atoms. The molecule has 1 aliphatic rings. The number of Topliss-reactive ketones (excluding diaryl/α,β-unsaturated/α-hetero) is 1. The van der Waals surface area contributed by atoms with Crippen LogP contribution in [0, 0.1) is 5.41 Å². The highest BCUT2D eigenvalue weighted by molar-refractivity contribution is 5.85. The maximum atomic E-state index is 12.9. The Labute approximate surface area is 144 Å². The van der Waals surface area contributed by atoms with Gasteiger partial charge in [0.25, 0.3) is 0 Å². The van der Waals surface area contributed by atoms with Gasteiger partial charge in [-0.05, 0) is 57.9 Å². The fourth-order valence-electron chi connectivity index (χ4n) is 3.11. The minimum absolute atomic E-state index is 0.137. The maximum Gasteiger partial charge on any atom is 0.207 e. The Balaban J connectivity index is 2.36. The van der Waals surface area contributed by atoms with Gasteiger partial charge >= 0.3 is 0 Å². The highest BCUT2D eigenvalue weighted by Gasteiger charge is 2.54. The lowest BCUT2D eigenvalue weighted by Gasteiger charge is -2.47. The molecular weight excluding hydrogens is 304 g/mol. The van der Waals surface area contributed by atoms with Crippen molar-refractivity contribution in [2.75, 3.05) is 20.3 Å². The van der Waals surface area contributed by atoms with Gasteiger partial charge < -0.3 is 14.2 Å². The minimum Gasteiger partial charge on any atom is -0.497 e. The molecule has 0 saturated carbocycles. The van der Waals surface area contributed by atoms with Gasteiger partial charge in [0.05, 0.1) is 25.7 Å². The third-order valence-electron chi connectivity index (χ3n) is 4.66. The van der Waals surface area contributed by atoms with Crippen LogP contribution < -0.4 is 4.74 Å². The molecule has 1 aliphatic heterocycles. The van der Waals surface area contributed by atoms with Crippen molar-refractivity contribution < 1.29 is 19.0 Å². The van der Waals surface area contributed by atoms with E-state index in [0.29, 0.717) is 19.6 Å². The Morgan fingerprint density at radius 1 is 1.25 bits per heavy atom. The summed E-state index contributed by atoms with van der Waals surface area (Å²) in [7, 11) is 1.63. The van der Waals surface area contributed by atoms with E-state index in [-0.39, 0.29) is 5.78 Å². The summed E-state index contributed by atoms with van der Waals surface area (Å²) in [5, 5.41) is 0. The SMILES string of the molecule is C/C=C/CCC(=O)C(C)(C)C1(c2ccc(OC)cc2)OCCCO1. The van der Waals surface area contributed by atoms with E-state index in [4.69, 9.17) is 14.2 Å². The van der Waals surface area contributed by atoms with Gasteiger partial charge in [0.1, 0.15) is 11.5 Å². The van der Waals surface area contributed by atoms with Crippen LogP contribution in [0.3, 0.4) is 0 Å². The first-order chi connectivity index (χ1) is 11.5. The lowest BCUT2D eigenvalue weighted by atomic mass is 9.73. The number of hydrogen-bond acceptors (Lipinski definition) is 4. The Bertz CT molecular complexity index is 566. The molecule has 0 amide bonds. The van der Waals surface area contributed by atoms with Crippen LogP contribution >= 0.6 is 0 Å². The topological polar surface area (TPSA) is 44.8 Å². The zero-order chi connectivity index (χ0) is 17.6. The van der Waals surface area contributed by atoms with Crippen LogP contribution in [0.15, 0.2) is 36.4 Å². The van der Waals surface area contributed by atoms with E-state index < -0.39 is 11.2 Å². The Hall–Kier alpha value is -1.65. The first-order valence-corrected chi connectivity index (χ1v) is 8.55. The Kier molecular flexibility index (Phi) is 6.19. The van der Waals surface area contributed by atoms with Crippen molar-refractivity contribution in [2.45, 2.75) is 45.8 Å². The van der Waals surface area contributed by atoms with Crippen LogP contribution in [0.25, 0.3) is 0 Å². The van der Waals surface area contributed by atoms with Crippen LogP contribution in [0.5, 0.6) is 5.75 Å². The Morgan fingerprint density at radius 2 is 1.88 bits per heavy atom. The molecule has 132 valence electrons. The quantitative estimate of drug-likeness (QED) is 0.701. The summed E-state index contributed by atoms with van der Waals surface area (Å²) in [6, 6.07) is 7.59. The summed E-state index contributed by atoms with van der Waals surface area (Å²) in [5.41, 5.74) is 0.0660. The van der Waals surface area contributed by atoms with E-state index >= 15 is 0 Å². The van der Waals surface area contributed by atoms with Gasteiger partial charge in [-0.2, -0.15) is 0 Å². The van der Waals surface area contributed by atoms with E-state index in [0.717, 1.165) is 24.2 Å². The number of methoxy groups -OCH3 is 1. The molecule has 0 aliphatic carbocycles. The molecule has 0 spiro atoms. The number of benzene rings is 1.